The summed E-state index contributed by atoms with van der Waals surface area (Å²) in [5.41, 5.74) is 5.44. The second-order valence-electron chi connectivity index (χ2n) is 12.1. The summed E-state index contributed by atoms with van der Waals surface area (Å²) in [5, 5.41) is 12.6. The molecular weight excluding hydrogens is 452 g/mol. The first-order chi connectivity index (χ1) is 17.3. The van der Waals surface area contributed by atoms with Crippen molar-refractivity contribution in [1.82, 2.24) is 4.90 Å². The molecule has 5 aliphatic rings. The van der Waals surface area contributed by atoms with E-state index in [1.54, 1.807) is 0 Å². The van der Waals surface area contributed by atoms with Gasteiger partial charge in [0.15, 0.2) is 0 Å². The van der Waals surface area contributed by atoms with E-state index in [0.717, 1.165) is 46.5 Å². The van der Waals surface area contributed by atoms with Crippen molar-refractivity contribution in [1.29, 1.82) is 0 Å². The molecule has 0 aromatic heterocycles. The highest BCUT2D eigenvalue weighted by atomic mass is 16.4. The van der Waals surface area contributed by atoms with E-state index in [1.807, 2.05) is 32.0 Å². The normalized spacial score (nSPS) is 28.9. The molecule has 4 saturated carbocycles. The lowest BCUT2D eigenvalue weighted by Gasteiger charge is -2.57. The standard InChI is InChI=1S/C30H34N2O4/c1-17(2)27(29(35)36)32-15-22-4-3-21(10-25(22)28(32)34)24-6-5-23(11-26(24)31-16-33)30-12-18-7-19(13-30)9-20(8-18)14-30/h3-6,10-11,16-20,27H,7-9,12-15H2,1-2H3,(H,31,33)(H,35,36)/t18?,19?,20?,27-,30?/m0/s1. The molecule has 0 unspecified atom stereocenters. The molecule has 0 saturated heterocycles. The number of nitrogens with zero attached hydrogens (tertiary/aromatic N) is 1. The van der Waals surface area contributed by atoms with Gasteiger partial charge >= 0.3 is 5.97 Å². The number of amides is 2. The van der Waals surface area contributed by atoms with Crippen LogP contribution in [0.5, 0.6) is 0 Å². The third-order valence-corrected chi connectivity index (χ3v) is 9.36. The van der Waals surface area contributed by atoms with Crippen LogP contribution in [0.2, 0.25) is 0 Å². The molecule has 0 spiro atoms. The van der Waals surface area contributed by atoms with Crippen molar-refractivity contribution in [2.24, 2.45) is 23.7 Å². The van der Waals surface area contributed by atoms with Crippen molar-refractivity contribution in [2.45, 2.75) is 70.4 Å². The summed E-state index contributed by atoms with van der Waals surface area (Å²) >= 11 is 0. The van der Waals surface area contributed by atoms with Crippen LogP contribution in [0.15, 0.2) is 36.4 Å². The van der Waals surface area contributed by atoms with E-state index in [-0.39, 0.29) is 17.2 Å². The summed E-state index contributed by atoms with van der Waals surface area (Å²) in [7, 11) is 0. The van der Waals surface area contributed by atoms with Gasteiger partial charge in [-0.3, -0.25) is 9.59 Å². The molecule has 7 rings (SSSR count). The lowest BCUT2D eigenvalue weighted by Crippen LogP contribution is -2.48. The van der Waals surface area contributed by atoms with Crippen LogP contribution in [0.1, 0.15) is 73.9 Å². The van der Waals surface area contributed by atoms with Gasteiger partial charge in [0.2, 0.25) is 6.41 Å². The molecule has 6 nitrogen and oxygen atoms in total. The molecule has 1 atom stereocenters. The number of fused-ring (bicyclic) bond motifs is 1. The fourth-order valence-electron chi connectivity index (χ4n) is 8.27. The molecular formula is C30H34N2O4. The van der Waals surface area contributed by atoms with Crippen molar-refractivity contribution in [3.8, 4) is 11.1 Å². The Morgan fingerprint density at radius 2 is 1.69 bits per heavy atom. The van der Waals surface area contributed by atoms with E-state index in [1.165, 1.54) is 49.0 Å². The molecule has 1 aliphatic heterocycles. The van der Waals surface area contributed by atoms with Crippen LogP contribution < -0.4 is 5.32 Å². The first kappa shape index (κ1) is 23.3. The molecule has 188 valence electrons. The molecule has 4 fully saturated rings. The van der Waals surface area contributed by atoms with Crippen LogP contribution in [0.4, 0.5) is 5.69 Å². The number of anilines is 1. The highest BCUT2D eigenvalue weighted by Gasteiger charge is 2.51. The predicted octanol–water partition coefficient (Wildman–Crippen LogP) is 5.45. The van der Waals surface area contributed by atoms with Crippen LogP contribution in [-0.4, -0.2) is 34.3 Å². The van der Waals surface area contributed by atoms with Crippen LogP contribution in [0, 0.1) is 23.7 Å². The Morgan fingerprint density at radius 1 is 1.03 bits per heavy atom. The third kappa shape index (κ3) is 3.64. The number of carboxylic acid groups (broad SMARTS) is 1. The number of nitrogens with one attached hydrogen (secondary N) is 1. The van der Waals surface area contributed by atoms with Gasteiger partial charge in [-0.2, -0.15) is 0 Å². The highest BCUT2D eigenvalue weighted by Crippen LogP contribution is 2.61. The second kappa shape index (κ2) is 8.46. The second-order valence-corrected chi connectivity index (χ2v) is 12.1. The molecule has 4 bridgehead atoms. The lowest BCUT2D eigenvalue weighted by atomic mass is 9.48. The van der Waals surface area contributed by atoms with Crippen molar-refractivity contribution >= 4 is 24.0 Å². The van der Waals surface area contributed by atoms with E-state index in [4.69, 9.17) is 0 Å². The Hall–Kier alpha value is -3.15. The number of rotatable bonds is 7. The zero-order chi connectivity index (χ0) is 25.2. The molecule has 2 N–H and O–H groups in total. The Kier molecular flexibility index (Phi) is 5.47. The Balaban J connectivity index is 1.34. The van der Waals surface area contributed by atoms with Crippen molar-refractivity contribution in [3.05, 3.63) is 53.1 Å². The molecule has 6 heteroatoms. The maximum Gasteiger partial charge on any atom is 0.326 e. The Bertz CT molecular complexity index is 1210. The van der Waals surface area contributed by atoms with Gasteiger partial charge in [0, 0.05) is 23.4 Å². The summed E-state index contributed by atoms with van der Waals surface area (Å²) in [6.07, 6.45) is 8.64. The number of benzene rings is 2. The van der Waals surface area contributed by atoms with Gasteiger partial charge in [-0.15, -0.1) is 0 Å². The number of carboxylic acids is 1. The summed E-state index contributed by atoms with van der Waals surface area (Å²) in [5.74, 6) is 1.09. The zero-order valence-electron chi connectivity index (χ0n) is 21.0. The molecule has 1 heterocycles. The van der Waals surface area contributed by atoms with Crippen molar-refractivity contribution in [3.63, 3.8) is 0 Å². The van der Waals surface area contributed by atoms with E-state index >= 15 is 0 Å². The van der Waals surface area contributed by atoms with Crippen LogP contribution in [0.3, 0.4) is 0 Å². The molecule has 0 radical (unpaired) electrons. The maximum atomic E-state index is 13.2. The quantitative estimate of drug-likeness (QED) is 0.509. The predicted molar refractivity (Wildman–Crippen MR) is 138 cm³/mol. The summed E-state index contributed by atoms with van der Waals surface area (Å²) in [6, 6.07) is 11.4. The van der Waals surface area contributed by atoms with E-state index in [9.17, 15) is 19.5 Å². The van der Waals surface area contributed by atoms with E-state index in [0.29, 0.717) is 12.1 Å². The number of aliphatic carboxylic acids is 1. The molecule has 2 aromatic rings. The minimum Gasteiger partial charge on any atom is -0.480 e. The smallest absolute Gasteiger partial charge is 0.326 e. The average Bonchev–Trinajstić information content (AvgIpc) is 3.13. The number of hydrogen-bond acceptors (Lipinski definition) is 3. The molecule has 2 aromatic carbocycles. The van der Waals surface area contributed by atoms with Gasteiger partial charge in [0.1, 0.15) is 6.04 Å². The van der Waals surface area contributed by atoms with Gasteiger partial charge < -0.3 is 15.3 Å². The minimum atomic E-state index is -0.982. The summed E-state index contributed by atoms with van der Waals surface area (Å²) in [6.45, 7) is 3.94. The number of hydrogen-bond donors (Lipinski definition) is 2. The first-order valence-electron chi connectivity index (χ1n) is 13.3. The maximum absolute atomic E-state index is 13.2. The Morgan fingerprint density at radius 3 is 2.28 bits per heavy atom. The average molecular weight is 487 g/mol. The van der Waals surface area contributed by atoms with Gasteiger partial charge in [-0.25, -0.2) is 4.79 Å². The van der Waals surface area contributed by atoms with Crippen LogP contribution in [-0.2, 0) is 21.5 Å². The van der Waals surface area contributed by atoms with Gasteiger partial charge in [-0.1, -0.05) is 38.1 Å². The SMILES string of the molecule is CC(C)[C@@H](C(=O)O)N1Cc2ccc(-c3ccc(C45CC6CC(CC(C6)C4)C5)cc3NC=O)cc2C1=O. The van der Waals surface area contributed by atoms with Gasteiger partial charge in [-0.05, 0) is 96.4 Å². The van der Waals surface area contributed by atoms with Crippen molar-refractivity contribution < 1.29 is 19.5 Å². The molecule has 2 amide bonds. The topological polar surface area (TPSA) is 86.7 Å². The third-order valence-electron chi connectivity index (χ3n) is 9.36. The van der Waals surface area contributed by atoms with Gasteiger partial charge in [0.05, 0.1) is 0 Å². The number of carbonyl (C=O) groups excluding carboxylic acids is 2. The lowest BCUT2D eigenvalue weighted by molar-refractivity contribution is -0.144. The van der Waals surface area contributed by atoms with Crippen LogP contribution >= 0.6 is 0 Å². The highest BCUT2D eigenvalue weighted by molar-refractivity contribution is 6.02. The monoisotopic (exact) mass is 486 g/mol. The largest absolute Gasteiger partial charge is 0.480 e. The van der Waals surface area contributed by atoms with E-state index < -0.39 is 12.0 Å². The number of carbonyl (C=O) groups is 3. The van der Waals surface area contributed by atoms with Crippen molar-refractivity contribution in [2.75, 3.05) is 5.32 Å². The zero-order valence-corrected chi connectivity index (χ0v) is 21.0. The minimum absolute atomic E-state index is 0.194. The molecule has 4 aliphatic carbocycles. The first-order valence-corrected chi connectivity index (χ1v) is 13.3. The van der Waals surface area contributed by atoms with Crippen LogP contribution in [0.25, 0.3) is 11.1 Å². The Labute approximate surface area is 212 Å². The molecule has 36 heavy (non-hydrogen) atoms. The summed E-state index contributed by atoms with van der Waals surface area (Å²) < 4.78 is 0. The summed E-state index contributed by atoms with van der Waals surface area (Å²) in [4.78, 5) is 38.1. The fourth-order valence-corrected chi connectivity index (χ4v) is 8.27. The fraction of sp³-hybridized carbons (Fsp3) is 0.500. The van der Waals surface area contributed by atoms with E-state index in [2.05, 4.69) is 23.5 Å². The van der Waals surface area contributed by atoms with Gasteiger partial charge in [0.25, 0.3) is 5.91 Å².